The van der Waals surface area contributed by atoms with E-state index in [1.807, 2.05) is 48.2 Å². The summed E-state index contributed by atoms with van der Waals surface area (Å²) >= 11 is 1.64. The maximum Gasteiger partial charge on any atom is 0.115 e. The normalized spacial score (nSPS) is 10.3. The number of hydrogen-bond donors (Lipinski definition) is 0. The van der Waals surface area contributed by atoms with E-state index >= 15 is 0 Å². The lowest BCUT2D eigenvalue weighted by Crippen LogP contribution is -2.05. The van der Waals surface area contributed by atoms with Gasteiger partial charge in [-0.05, 0) is 17.7 Å². The molecule has 98 valence electrons. The molecule has 0 fully saturated rings. The van der Waals surface area contributed by atoms with E-state index in [4.69, 9.17) is 5.26 Å². The van der Waals surface area contributed by atoms with Gasteiger partial charge in [0.2, 0.25) is 0 Å². The second-order valence-corrected chi connectivity index (χ2v) is 5.36. The molecule has 0 radical (unpaired) electrons. The van der Waals surface area contributed by atoms with Crippen LogP contribution in [0.15, 0.2) is 48.2 Å². The summed E-state index contributed by atoms with van der Waals surface area (Å²) in [5, 5.41) is 11.8. The van der Waals surface area contributed by atoms with Gasteiger partial charge in [0.1, 0.15) is 5.82 Å². The van der Waals surface area contributed by atoms with Crippen LogP contribution in [-0.4, -0.2) is 14.5 Å². The van der Waals surface area contributed by atoms with E-state index in [0.29, 0.717) is 5.56 Å². The van der Waals surface area contributed by atoms with Crippen molar-refractivity contribution in [2.75, 3.05) is 0 Å². The minimum Gasteiger partial charge on any atom is -0.330 e. The summed E-state index contributed by atoms with van der Waals surface area (Å²) in [4.78, 5) is 8.69. The van der Waals surface area contributed by atoms with Gasteiger partial charge < -0.3 is 4.57 Å². The van der Waals surface area contributed by atoms with Gasteiger partial charge in [0.25, 0.3) is 0 Å². The van der Waals surface area contributed by atoms with Crippen LogP contribution in [-0.2, 0) is 13.0 Å². The van der Waals surface area contributed by atoms with Crippen LogP contribution in [0, 0.1) is 11.3 Å². The van der Waals surface area contributed by atoms with Gasteiger partial charge in [0.05, 0.1) is 23.1 Å². The van der Waals surface area contributed by atoms with Gasteiger partial charge in [-0.15, -0.1) is 11.3 Å². The fourth-order valence-electron chi connectivity index (χ4n) is 2.01. The summed E-state index contributed by atoms with van der Waals surface area (Å²) in [5.41, 5.74) is 1.84. The lowest BCUT2D eigenvalue weighted by molar-refractivity contribution is 0.739. The Morgan fingerprint density at radius 1 is 1.15 bits per heavy atom. The Hall–Kier alpha value is -2.45. The number of hydrogen-bond acceptors (Lipinski definition) is 4. The molecule has 0 N–H and O–H groups in total. The second kappa shape index (κ2) is 5.68. The van der Waals surface area contributed by atoms with Gasteiger partial charge in [0.15, 0.2) is 0 Å². The number of nitrogens with zero attached hydrogens (tertiary/aromatic N) is 4. The number of aromatic nitrogens is 3. The summed E-state index contributed by atoms with van der Waals surface area (Å²) < 4.78 is 2.11. The number of imidazole rings is 1. The zero-order valence-electron chi connectivity index (χ0n) is 10.7. The van der Waals surface area contributed by atoms with Gasteiger partial charge in [-0.3, -0.25) is 0 Å². The maximum atomic E-state index is 8.80. The van der Waals surface area contributed by atoms with Crippen molar-refractivity contribution in [3.05, 3.63) is 70.2 Å². The third-order valence-electron chi connectivity index (χ3n) is 3.03. The highest BCUT2D eigenvalue weighted by Gasteiger charge is 2.06. The first kappa shape index (κ1) is 12.6. The van der Waals surface area contributed by atoms with Gasteiger partial charge in [-0.2, -0.15) is 5.26 Å². The van der Waals surface area contributed by atoms with Crippen molar-refractivity contribution in [3.63, 3.8) is 0 Å². The molecule has 0 unspecified atom stereocenters. The van der Waals surface area contributed by atoms with Crippen LogP contribution in [0.2, 0.25) is 0 Å². The highest BCUT2D eigenvalue weighted by molar-refractivity contribution is 7.09. The Labute approximate surface area is 121 Å². The summed E-state index contributed by atoms with van der Waals surface area (Å²) in [5.74, 6) is 1.00. The molecule has 0 aliphatic heterocycles. The third-order valence-corrected chi connectivity index (χ3v) is 3.81. The Morgan fingerprint density at radius 2 is 2.00 bits per heavy atom. The summed E-state index contributed by atoms with van der Waals surface area (Å²) in [6.45, 7) is 0.756. The Morgan fingerprint density at radius 3 is 2.70 bits per heavy atom. The molecule has 0 spiro atoms. The van der Waals surface area contributed by atoms with Crippen molar-refractivity contribution < 1.29 is 0 Å². The van der Waals surface area contributed by atoms with Gasteiger partial charge in [-0.1, -0.05) is 12.1 Å². The van der Waals surface area contributed by atoms with E-state index in [-0.39, 0.29) is 0 Å². The van der Waals surface area contributed by atoms with Crippen molar-refractivity contribution in [1.82, 2.24) is 14.5 Å². The molecule has 1 aromatic carbocycles. The molecule has 2 heterocycles. The smallest absolute Gasteiger partial charge is 0.115 e. The molecule has 0 saturated carbocycles. The van der Waals surface area contributed by atoms with Crippen molar-refractivity contribution in [1.29, 1.82) is 5.26 Å². The predicted octanol–water partition coefficient (Wildman–Crippen LogP) is 2.85. The highest BCUT2D eigenvalue weighted by Crippen LogP contribution is 2.13. The lowest BCUT2D eigenvalue weighted by Gasteiger charge is -2.07. The van der Waals surface area contributed by atoms with Gasteiger partial charge in [0, 0.05) is 30.5 Å². The van der Waals surface area contributed by atoms with Crippen molar-refractivity contribution >= 4 is 11.3 Å². The predicted molar refractivity (Wildman–Crippen MR) is 77.4 cm³/mol. The van der Waals surface area contributed by atoms with Crippen molar-refractivity contribution in [2.24, 2.45) is 0 Å². The summed E-state index contributed by atoms with van der Waals surface area (Å²) in [6, 6.07) is 9.76. The summed E-state index contributed by atoms with van der Waals surface area (Å²) in [7, 11) is 0. The quantitative estimate of drug-likeness (QED) is 0.738. The molecule has 0 saturated heterocycles. The van der Waals surface area contributed by atoms with E-state index in [2.05, 4.69) is 20.6 Å². The Bertz CT molecular complexity index is 720. The first-order chi connectivity index (χ1) is 9.85. The molecule has 4 nitrogen and oxygen atoms in total. The Balaban J connectivity index is 1.77. The monoisotopic (exact) mass is 280 g/mol. The number of benzene rings is 1. The average molecular weight is 280 g/mol. The fraction of sp³-hybridized carbons (Fsp3) is 0.133. The topological polar surface area (TPSA) is 54.5 Å². The third kappa shape index (κ3) is 2.76. The van der Waals surface area contributed by atoms with Crippen LogP contribution in [0.3, 0.4) is 0 Å². The standard InChI is InChI=1S/C15H12N4S/c16-10-12-1-3-13(4-2-12)11-19-7-5-17-14(19)9-15-18-6-8-20-15/h1-8H,9,11H2. The second-order valence-electron chi connectivity index (χ2n) is 4.38. The van der Waals surface area contributed by atoms with E-state index in [0.717, 1.165) is 29.4 Å². The largest absolute Gasteiger partial charge is 0.330 e. The van der Waals surface area contributed by atoms with Crippen LogP contribution in [0.5, 0.6) is 0 Å². The van der Waals surface area contributed by atoms with Crippen LogP contribution in [0.1, 0.15) is 22.0 Å². The van der Waals surface area contributed by atoms with Gasteiger partial charge in [-0.25, -0.2) is 9.97 Å². The van der Waals surface area contributed by atoms with Crippen molar-refractivity contribution in [3.8, 4) is 6.07 Å². The van der Waals surface area contributed by atoms with E-state index in [9.17, 15) is 0 Å². The van der Waals surface area contributed by atoms with Crippen LogP contribution < -0.4 is 0 Å². The molecule has 20 heavy (non-hydrogen) atoms. The zero-order valence-corrected chi connectivity index (χ0v) is 11.5. The molecule has 0 aliphatic carbocycles. The average Bonchev–Trinajstić information content (AvgIpc) is 3.13. The molecule has 0 amide bonds. The molecular weight excluding hydrogens is 268 g/mol. The zero-order chi connectivity index (χ0) is 13.8. The molecule has 5 heteroatoms. The molecular formula is C15H12N4S. The highest BCUT2D eigenvalue weighted by atomic mass is 32.1. The number of nitriles is 1. The minimum absolute atomic E-state index is 0.683. The molecule has 3 aromatic rings. The number of rotatable bonds is 4. The molecule has 2 aromatic heterocycles. The molecule has 0 bridgehead atoms. The first-order valence-electron chi connectivity index (χ1n) is 6.22. The number of thiazole rings is 1. The maximum absolute atomic E-state index is 8.80. The van der Waals surface area contributed by atoms with Crippen LogP contribution >= 0.6 is 11.3 Å². The van der Waals surface area contributed by atoms with Crippen LogP contribution in [0.4, 0.5) is 0 Å². The molecule has 3 rings (SSSR count). The molecule has 0 atom stereocenters. The first-order valence-corrected chi connectivity index (χ1v) is 7.10. The molecule has 0 aliphatic rings. The van der Waals surface area contributed by atoms with E-state index < -0.39 is 0 Å². The minimum atomic E-state index is 0.683. The summed E-state index contributed by atoms with van der Waals surface area (Å²) in [6.07, 6.45) is 6.35. The SMILES string of the molecule is N#Cc1ccc(Cn2ccnc2Cc2nccs2)cc1. The Kier molecular flexibility index (Phi) is 3.57. The van der Waals surface area contributed by atoms with Crippen molar-refractivity contribution in [2.45, 2.75) is 13.0 Å². The van der Waals surface area contributed by atoms with Crippen LogP contribution in [0.25, 0.3) is 0 Å². The van der Waals surface area contributed by atoms with Gasteiger partial charge >= 0.3 is 0 Å². The van der Waals surface area contributed by atoms with E-state index in [1.165, 1.54) is 0 Å². The fourth-order valence-corrected chi connectivity index (χ4v) is 2.62. The lowest BCUT2D eigenvalue weighted by atomic mass is 10.1. The van der Waals surface area contributed by atoms with E-state index in [1.54, 1.807) is 11.3 Å².